The van der Waals surface area contributed by atoms with Crippen LogP contribution in [0.25, 0.3) is 0 Å². The Balaban J connectivity index is 3.25. The van der Waals surface area contributed by atoms with Crippen LogP contribution in [0, 0.1) is 6.92 Å². The summed E-state index contributed by atoms with van der Waals surface area (Å²) in [6.07, 6.45) is -5.22. The second-order valence-electron chi connectivity index (χ2n) is 3.34. The number of rotatable bonds is 3. The third kappa shape index (κ3) is 2.28. The number of carbonyl (C=O) groups excluding carboxylic acids is 1. The monoisotopic (exact) mass is 252 g/mol. The van der Waals surface area contributed by atoms with Gasteiger partial charge in [-0.25, -0.2) is 4.79 Å². The van der Waals surface area contributed by atoms with Crippen LogP contribution in [0.3, 0.4) is 0 Å². The molecule has 1 atom stereocenters. The van der Waals surface area contributed by atoms with E-state index >= 15 is 0 Å². The molecule has 7 heteroatoms. The number of halogens is 3. The molecule has 17 heavy (non-hydrogen) atoms. The highest BCUT2D eigenvalue weighted by Gasteiger charge is 2.64. The van der Waals surface area contributed by atoms with Crippen LogP contribution in [0.1, 0.15) is 18.4 Å². The SMILES string of the molecule is CCOC(=O)[C@@](O)(c1ccc(C)o1)C(F)(F)F. The second kappa shape index (κ2) is 4.40. The van der Waals surface area contributed by atoms with Gasteiger partial charge in [-0.3, -0.25) is 0 Å². The second-order valence-corrected chi connectivity index (χ2v) is 3.34. The predicted molar refractivity (Wildman–Crippen MR) is 50.0 cm³/mol. The summed E-state index contributed by atoms with van der Waals surface area (Å²) in [6.45, 7) is 2.45. The molecule has 0 saturated carbocycles. The van der Waals surface area contributed by atoms with E-state index in [1.165, 1.54) is 19.9 Å². The maximum Gasteiger partial charge on any atom is 0.435 e. The lowest BCUT2D eigenvalue weighted by atomic mass is 10.0. The molecule has 0 aliphatic carbocycles. The molecule has 1 aromatic heterocycles. The van der Waals surface area contributed by atoms with E-state index in [9.17, 15) is 23.1 Å². The van der Waals surface area contributed by atoms with Crippen molar-refractivity contribution < 1.29 is 32.2 Å². The van der Waals surface area contributed by atoms with Crippen molar-refractivity contribution in [2.45, 2.75) is 25.6 Å². The Morgan fingerprint density at radius 2 is 2.06 bits per heavy atom. The fourth-order valence-electron chi connectivity index (χ4n) is 1.22. The summed E-state index contributed by atoms with van der Waals surface area (Å²) in [5.41, 5.74) is -3.77. The highest BCUT2D eigenvalue weighted by Crippen LogP contribution is 2.40. The third-order valence-corrected chi connectivity index (χ3v) is 2.08. The van der Waals surface area contributed by atoms with Crippen LogP contribution in [0.2, 0.25) is 0 Å². The van der Waals surface area contributed by atoms with E-state index in [1.807, 2.05) is 0 Å². The number of aliphatic hydroxyl groups is 1. The lowest BCUT2D eigenvalue weighted by Gasteiger charge is -2.25. The molecular formula is C10H11F3O4. The molecule has 1 rings (SSSR count). The van der Waals surface area contributed by atoms with Crippen LogP contribution in [0.4, 0.5) is 13.2 Å². The summed E-state index contributed by atoms with van der Waals surface area (Å²) < 4.78 is 47.2. The zero-order valence-electron chi connectivity index (χ0n) is 9.17. The molecule has 0 fully saturated rings. The molecule has 0 unspecified atom stereocenters. The van der Waals surface area contributed by atoms with Crippen molar-refractivity contribution in [1.29, 1.82) is 0 Å². The molecule has 96 valence electrons. The van der Waals surface area contributed by atoms with Gasteiger partial charge in [-0.1, -0.05) is 0 Å². The largest absolute Gasteiger partial charge is 0.463 e. The summed E-state index contributed by atoms with van der Waals surface area (Å²) in [7, 11) is 0. The molecule has 0 aliphatic heterocycles. The Morgan fingerprint density at radius 3 is 2.41 bits per heavy atom. The number of aryl methyl sites for hydroxylation is 1. The fourth-order valence-corrected chi connectivity index (χ4v) is 1.22. The number of alkyl halides is 3. The Labute approximate surface area is 95.0 Å². The zero-order valence-corrected chi connectivity index (χ0v) is 9.17. The molecular weight excluding hydrogens is 241 g/mol. The first-order chi connectivity index (χ1) is 7.73. The number of furan rings is 1. The average Bonchev–Trinajstić information content (AvgIpc) is 2.62. The van der Waals surface area contributed by atoms with Gasteiger partial charge in [-0.15, -0.1) is 0 Å². The van der Waals surface area contributed by atoms with Crippen molar-refractivity contribution in [2.75, 3.05) is 6.61 Å². The number of carbonyl (C=O) groups is 1. The molecule has 0 bridgehead atoms. The highest BCUT2D eigenvalue weighted by molar-refractivity contribution is 5.81. The minimum Gasteiger partial charge on any atom is -0.463 e. The Hall–Kier alpha value is -1.50. The average molecular weight is 252 g/mol. The van der Waals surface area contributed by atoms with Gasteiger partial charge in [0.2, 0.25) is 0 Å². The number of hydrogen-bond acceptors (Lipinski definition) is 4. The standard InChI is InChI=1S/C10H11F3O4/c1-3-16-8(14)9(15,10(11,12)13)7-5-4-6(2)17-7/h4-5,15H,3H2,1-2H3/t9-/m0/s1. The summed E-state index contributed by atoms with van der Waals surface area (Å²) in [5.74, 6) is -2.56. The van der Waals surface area contributed by atoms with E-state index in [1.54, 1.807) is 0 Å². The van der Waals surface area contributed by atoms with Gasteiger partial charge in [0.05, 0.1) is 6.61 Å². The molecule has 1 N–H and O–H groups in total. The third-order valence-electron chi connectivity index (χ3n) is 2.08. The van der Waals surface area contributed by atoms with Gasteiger partial charge in [0.15, 0.2) is 5.76 Å². The quantitative estimate of drug-likeness (QED) is 0.835. The van der Waals surface area contributed by atoms with Crippen LogP contribution in [-0.4, -0.2) is 23.9 Å². The van der Waals surface area contributed by atoms with Crippen LogP contribution >= 0.6 is 0 Å². The minimum atomic E-state index is -5.22. The highest BCUT2D eigenvalue weighted by atomic mass is 19.4. The molecule has 1 heterocycles. The van der Waals surface area contributed by atoms with E-state index in [0.717, 1.165) is 6.07 Å². The topological polar surface area (TPSA) is 59.7 Å². The maximum absolute atomic E-state index is 12.8. The van der Waals surface area contributed by atoms with E-state index in [2.05, 4.69) is 9.15 Å². The van der Waals surface area contributed by atoms with Gasteiger partial charge < -0.3 is 14.3 Å². The van der Waals surface area contributed by atoms with Gasteiger partial charge in [-0.05, 0) is 26.0 Å². The Morgan fingerprint density at radius 1 is 1.47 bits per heavy atom. The van der Waals surface area contributed by atoms with Crippen LogP contribution in [0.5, 0.6) is 0 Å². The predicted octanol–water partition coefficient (Wildman–Crippen LogP) is 1.90. The van der Waals surface area contributed by atoms with Crippen LogP contribution in [-0.2, 0) is 15.1 Å². The van der Waals surface area contributed by atoms with Gasteiger partial charge in [0.25, 0.3) is 0 Å². The van der Waals surface area contributed by atoms with Gasteiger partial charge >= 0.3 is 17.7 Å². The lowest BCUT2D eigenvalue weighted by molar-refractivity contribution is -0.272. The first-order valence-corrected chi connectivity index (χ1v) is 4.76. The fraction of sp³-hybridized carbons (Fsp3) is 0.500. The molecule has 0 aromatic carbocycles. The van der Waals surface area contributed by atoms with Crippen molar-refractivity contribution in [2.24, 2.45) is 0 Å². The van der Waals surface area contributed by atoms with Crippen LogP contribution < -0.4 is 0 Å². The zero-order chi connectivity index (χ0) is 13.3. The van der Waals surface area contributed by atoms with Crippen molar-refractivity contribution in [3.63, 3.8) is 0 Å². The van der Waals surface area contributed by atoms with E-state index in [-0.39, 0.29) is 12.4 Å². The van der Waals surface area contributed by atoms with Crippen molar-refractivity contribution in [3.05, 3.63) is 23.7 Å². The molecule has 0 amide bonds. The molecule has 1 aromatic rings. The minimum absolute atomic E-state index is 0.145. The molecule has 0 aliphatic rings. The number of hydrogen-bond donors (Lipinski definition) is 1. The lowest BCUT2D eigenvalue weighted by Crippen LogP contribution is -2.49. The van der Waals surface area contributed by atoms with E-state index in [4.69, 9.17) is 0 Å². The number of ether oxygens (including phenoxy) is 1. The molecule has 0 saturated heterocycles. The summed E-state index contributed by atoms with van der Waals surface area (Å²) in [6, 6.07) is 2.10. The van der Waals surface area contributed by atoms with Gasteiger partial charge in [-0.2, -0.15) is 13.2 Å². The van der Waals surface area contributed by atoms with E-state index in [0.29, 0.717) is 0 Å². The van der Waals surface area contributed by atoms with Crippen molar-refractivity contribution in [1.82, 2.24) is 0 Å². The summed E-state index contributed by atoms with van der Waals surface area (Å²) in [4.78, 5) is 11.3. The Kier molecular flexibility index (Phi) is 3.51. The Bertz CT molecular complexity index is 410. The smallest absolute Gasteiger partial charge is 0.435 e. The molecule has 0 spiro atoms. The summed E-state index contributed by atoms with van der Waals surface area (Å²) >= 11 is 0. The van der Waals surface area contributed by atoms with Crippen molar-refractivity contribution >= 4 is 5.97 Å². The van der Waals surface area contributed by atoms with Gasteiger partial charge in [0.1, 0.15) is 5.76 Å². The van der Waals surface area contributed by atoms with Gasteiger partial charge in [0, 0.05) is 0 Å². The first-order valence-electron chi connectivity index (χ1n) is 4.76. The first kappa shape index (κ1) is 13.6. The maximum atomic E-state index is 12.8. The number of esters is 1. The molecule has 0 radical (unpaired) electrons. The van der Waals surface area contributed by atoms with Crippen molar-refractivity contribution in [3.8, 4) is 0 Å². The molecule has 4 nitrogen and oxygen atoms in total. The van der Waals surface area contributed by atoms with Crippen LogP contribution in [0.15, 0.2) is 16.5 Å². The summed E-state index contributed by atoms with van der Waals surface area (Å²) in [5, 5.41) is 9.54. The van der Waals surface area contributed by atoms with E-state index < -0.39 is 23.5 Å². The normalized spacial score (nSPS) is 15.4.